The van der Waals surface area contributed by atoms with E-state index >= 15 is 0 Å². The molecule has 1 atom stereocenters. The van der Waals surface area contributed by atoms with Crippen molar-refractivity contribution < 1.29 is 0 Å². The van der Waals surface area contributed by atoms with Crippen LogP contribution in [-0.4, -0.2) is 24.5 Å². The number of pyridine rings is 1. The van der Waals surface area contributed by atoms with Crippen LogP contribution in [0.25, 0.3) is 27.7 Å². The van der Waals surface area contributed by atoms with Gasteiger partial charge in [0.2, 0.25) is 5.95 Å². The summed E-state index contributed by atoms with van der Waals surface area (Å²) in [6.07, 6.45) is 2.95. The van der Waals surface area contributed by atoms with Crippen LogP contribution in [0.1, 0.15) is 24.4 Å². The number of para-hydroxylation sites is 1. The molecule has 3 aromatic heterocycles. The summed E-state index contributed by atoms with van der Waals surface area (Å²) in [4.78, 5) is 31.1. The first-order chi connectivity index (χ1) is 17.5. The first-order valence-electron chi connectivity index (χ1n) is 11.1. The van der Waals surface area contributed by atoms with Crippen molar-refractivity contribution >= 4 is 28.5 Å². The quantitative estimate of drug-likeness (QED) is 0.346. The molecular formula is C26H21N9O. The Balaban J connectivity index is 1.75. The van der Waals surface area contributed by atoms with E-state index < -0.39 is 6.04 Å². The van der Waals surface area contributed by atoms with Gasteiger partial charge >= 0.3 is 0 Å². The highest BCUT2D eigenvalue weighted by Crippen LogP contribution is 2.29. The van der Waals surface area contributed by atoms with E-state index in [-0.39, 0.29) is 22.9 Å². The van der Waals surface area contributed by atoms with Crippen molar-refractivity contribution in [3.05, 3.63) is 94.8 Å². The molecule has 0 spiro atoms. The van der Waals surface area contributed by atoms with Gasteiger partial charge in [-0.05, 0) is 48.4 Å². The first kappa shape index (κ1) is 22.5. The second kappa shape index (κ2) is 9.15. The van der Waals surface area contributed by atoms with Gasteiger partial charge in [-0.25, -0.2) is 15.0 Å². The van der Waals surface area contributed by atoms with Crippen LogP contribution in [0.5, 0.6) is 0 Å². The normalized spacial score (nSPS) is 11.7. The van der Waals surface area contributed by atoms with Gasteiger partial charge in [-0.15, -0.1) is 0 Å². The number of benzene rings is 2. The van der Waals surface area contributed by atoms with E-state index in [1.807, 2.05) is 55.5 Å². The number of hydrogen-bond acceptors (Lipinski definition) is 9. The third-order valence-corrected chi connectivity index (χ3v) is 5.70. The van der Waals surface area contributed by atoms with E-state index in [1.165, 1.54) is 6.20 Å². The van der Waals surface area contributed by atoms with Crippen LogP contribution in [0.3, 0.4) is 0 Å². The molecule has 0 aliphatic carbocycles. The van der Waals surface area contributed by atoms with Crippen LogP contribution in [-0.2, 0) is 0 Å². The van der Waals surface area contributed by atoms with Crippen LogP contribution < -0.4 is 22.3 Å². The summed E-state index contributed by atoms with van der Waals surface area (Å²) < 4.78 is 1.56. The van der Waals surface area contributed by atoms with Gasteiger partial charge in [-0.1, -0.05) is 30.3 Å². The van der Waals surface area contributed by atoms with Crippen LogP contribution in [0.4, 0.5) is 17.6 Å². The maximum Gasteiger partial charge on any atom is 0.266 e. The first-order valence-corrected chi connectivity index (χ1v) is 11.1. The van der Waals surface area contributed by atoms with Crippen molar-refractivity contribution in [1.82, 2.24) is 24.5 Å². The minimum absolute atomic E-state index is 0.0249. The number of fused-ring (bicyclic) bond motifs is 1. The highest BCUT2D eigenvalue weighted by atomic mass is 16.1. The minimum atomic E-state index is -0.524. The maximum absolute atomic E-state index is 14.1. The van der Waals surface area contributed by atoms with E-state index in [1.54, 1.807) is 29.0 Å². The van der Waals surface area contributed by atoms with E-state index in [0.717, 1.165) is 5.56 Å². The third-order valence-electron chi connectivity index (χ3n) is 5.70. The van der Waals surface area contributed by atoms with Gasteiger partial charge in [-0.3, -0.25) is 9.36 Å². The highest BCUT2D eigenvalue weighted by molar-refractivity contribution is 5.94. The summed E-state index contributed by atoms with van der Waals surface area (Å²) in [6, 6.07) is 19.8. The van der Waals surface area contributed by atoms with Crippen LogP contribution >= 0.6 is 0 Å². The Kier molecular flexibility index (Phi) is 5.72. The monoisotopic (exact) mass is 475 g/mol. The fourth-order valence-electron chi connectivity index (χ4n) is 4.08. The summed E-state index contributed by atoms with van der Waals surface area (Å²) in [5, 5.41) is 13.1. The number of nitrogens with two attached hydrogens (primary N) is 2. The van der Waals surface area contributed by atoms with Crippen LogP contribution in [0.15, 0.2) is 77.9 Å². The van der Waals surface area contributed by atoms with Crippen molar-refractivity contribution in [2.24, 2.45) is 0 Å². The lowest BCUT2D eigenvalue weighted by molar-refractivity contribution is 0.731. The number of anilines is 3. The molecular weight excluding hydrogens is 454 g/mol. The Morgan fingerprint density at radius 1 is 1.03 bits per heavy atom. The molecule has 5 rings (SSSR count). The summed E-state index contributed by atoms with van der Waals surface area (Å²) in [5.41, 5.74) is 14.3. The Hall–Kier alpha value is -5.30. The zero-order valence-corrected chi connectivity index (χ0v) is 19.3. The molecule has 0 bridgehead atoms. The van der Waals surface area contributed by atoms with Gasteiger partial charge in [0, 0.05) is 6.20 Å². The zero-order chi connectivity index (χ0) is 25.2. The van der Waals surface area contributed by atoms with Gasteiger partial charge in [0.1, 0.15) is 29.1 Å². The Labute approximate surface area is 205 Å². The second-order valence-electron chi connectivity index (χ2n) is 8.08. The summed E-state index contributed by atoms with van der Waals surface area (Å²) in [5.74, 6) is 1.07. The molecule has 5 aromatic rings. The molecule has 0 aliphatic heterocycles. The predicted octanol–water partition coefficient (Wildman–Crippen LogP) is 3.45. The van der Waals surface area contributed by atoms with E-state index in [9.17, 15) is 10.1 Å². The number of hydrogen-bond donors (Lipinski definition) is 3. The van der Waals surface area contributed by atoms with Crippen molar-refractivity contribution in [1.29, 1.82) is 5.26 Å². The van der Waals surface area contributed by atoms with Crippen molar-refractivity contribution in [2.75, 3.05) is 16.8 Å². The standard InChI is InChI=1S/C26H21N9O/c1-15(32-23-17(13-27)14-31-26(29)34-23)24-33-20-9-5-8-19(16-10-11-30-21(28)12-16)22(20)25(36)35(24)18-6-3-2-4-7-18/h2-12,14-15H,1H3,(H2,28,30)(H3,29,31,32,34)/t15-/m1/s1. The Morgan fingerprint density at radius 3 is 2.58 bits per heavy atom. The van der Waals surface area contributed by atoms with Gasteiger partial charge < -0.3 is 16.8 Å². The summed E-state index contributed by atoms with van der Waals surface area (Å²) >= 11 is 0. The summed E-state index contributed by atoms with van der Waals surface area (Å²) in [6.45, 7) is 1.83. The lowest BCUT2D eigenvalue weighted by Gasteiger charge is -2.21. The van der Waals surface area contributed by atoms with E-state index in [0.29, 0.717) is 33.8 Å². The predicted molar refractivity (Wildman–Crippen MR) is 138 cm³/mol. The molecule has 2 aromatic carbocycles. The number of nitrogens with zero attached hydrogens (tertiary/aromatic N) is 6. The number of nitriles is 1. The molecule has 0 amide bonds. The number of nitrogens with one attached hydrogen (secondary N) is 1. The molecule has 0 unspecified atom stereocenters. The molecule has 0 aliphatic rings. The maximum atomic E-state index is 14.1. The SMILES string of the molecule is C[C@@H](Nc1nc(N)ncc1C#N)c1nc2cccc(-c3ccnc(N)c3)c2c(=O)n1-c1ccccc1. The average molecular weight is 476 g/mol. The molecule has 5 N–H and O–H groups in total. The van der Waals surface area contributed by atoms with Crippen molar-refractivity contribution in [3.8, 4) is 22.9 Å². The fraction of sp³-hybridized carbons (Fsp3) is 0.0769. The highest BCUT2D eigenvalue weighted by Gasteiger charge is 2.21. The molecule has 10 heteroatoms. The van der Waals surface area contributed by atoms with Crippen LogP contribution in [0.2, 0.25) is 0 Å². The molecule has 10 nitrogen and oxygen atoms in total. The van der Waals surface area contributed by atoms with Gasteiger partial charge in [0.25, 0.3) is 5.56 Å². The van der Waals surface area contributed by atoms with Gasteiger partial charge in [-0.2, -0.15) is 10.2 Å². The lowest BCUT2D eigenvalue weighted by atomic mass is 10.0. The van der Waals surface area contributed by atoms with Crippen LogP contribution in [0, 0.1) is 11.3 Å². The molecule has 0 saturated carbocycles. The topological polar surface area (TPSA) is 161 Å². The molecule has 0 radical (unpaired) electrons. The largest absolute Gasteiger partial charge is 0.384 e. The molecule has 0 fully saturated rings. The second-order valence-corrected chi connectivity index (χ2v) is 8.08. The molecule has 36 heavy (non-hydrogen) atoms. The number of nitrogen functional groups attached to an aromatic ring is 2. The van der Waals surface area contributed by atoms with E-state index in [2.05, 4.69) is 20.3 Å². The average Bonchev–Trinajstić information content (AvgIpc) is 2.89. The summed E-state index contributed by atoms with van der Waals surface area (Å²) in [7, 11) is 0. The number of rotatable bonds is 5. The Bertz CT molecular complexity index is 1690. The van der Waals surface area contributed by atoms with Crippen molar-refractivity contribution in [2.45, 2.75) is 13.0 Å². The Morgan fingerprint density at radius 2 is 1.83 bits per heavy atom. The zero-order valence-electron chi connectivity index (χ0n) is 19.3. The molecule has 176 valence electrons. The minimum Gasteiger partial charge on any atom is -0.384 e. The van der Waals surface area contributed by atoms with Crippen molar-refractivity contribution in [3.63, 3.8) is 0 Å². The number of aromatic nitrogens is 5. The smallest absolute Gasteiger partial charge is 0.266 e. The molecule has 3 heterocycles. The van der Waals surface area contributed by atoms with Gasteiger partial charge in [0.05, 0.1) is 28.8 Å². The fourth-order valence-corrected chi connectivity index (χ4v) is 4.08. The lowest BCUT2D eigenvalue weighted by Crippen LogP contribution is -2.28. The molecule has 0 saturated heterocycles. The van der Waals surface area contributed by atoms with Gasteiger partial charge in [0.15, 0.2) is 0 Å². The third kappa shape index (κ3) is 4.05. The van der Waals surface area contributed by atoms with E-state index in [4.69, 9.17) is 16.5 Å².